The molecule has 0 N–H and O–H groups in total. The predicted molar refractivity (Wildman–Crippen MR) is 58.6 cm³/mol. The van der Waals surface area contributed by atoms with E-state index in [1.165, 1.54) is 0 Å². The molecule has 0 aliphatic rings. The lowest BCUT2D eigenvalue weighted by atomic mass is 10.2. The van der Waals surface area contributed by atoms with E-state index in [2.05, 4.69) is 25.7 Å². The van der Waals surface area contributed by atoms with Gasteiger partial charge in [-0.1, -0.05) is 0 Å². The van der Waals surface area contributed by atoms with Gasteiger partial charge in [-0.25, -0.2) is 4.79 Å². The lowest BCUT2D eigenvalue weighted by Crippen LogP contribution is -1.96. The summed E-state index contributed by atoms with van der Waals surface area (Å²) in [7, 11) is 0. The summed E-state index contributed by atoms with van der Waals surface area (Å²) in [6.45, 7) is 0. The van der Waals surface area contributed by atoms with Gasteiger partial charge in [0, 0.05) is 3.57 Å². The fraction of sp³-hybridized carbons (Fsp3) is 0. The van der Waals surface area contributed by atoms with E-state index in [-0.39, 0.29) is 5.97 Å². The lowest BCUT2D eigenvalue weighted by molar-refractivity contribution is 0.0800. The van der Waals surface area contributed by atoms with Crippen molar-refractivity contribution in [2.75, 3.05) is 0 Å². The smallest absolute Gasteiger partial charge is 0.347 e. The Morgan fingerprint density at radius 2 is 1.82 bits per heavy atom. The molecule has 0 aliphatic carbocycles. The van der Waals surface area contributed by atoms with Gasteiger partial charge in [-0.05, 0) is 46.9 Å². The van der Waals surface area contributed by atoms with Crippen molar-refractivity contribution >= 4 is 51.6 Å². The zero-order chi connectivity index (χ0) is 8.27. The maximum atomic E-state index is 10.9. The van der Waals surface area contributed by atoms with Crippen LogP contribution in [0.5, 0.6) is 0 Å². The highest BCUT2D eigenvalue weighted by molar-refractivity contribution is 14.1. The van der Waals surface area contributed by atoms with Crippen molar-refractivity contribution < 1.29 is 7.86 Å². The average Bonchev–Trinajstić information content (AvgIpc) is 2.05. The molecule has 1 aromatic rings. The van der Waals surface area contributed by atoms with Crippen molar-refractivity contribution in [3.05, 3.63) is 33.4 Å². The third-order valence-electron chi connectivity index (χ3n) is 1.15. The van der Waals surface area contributed by atoms with Crippen LogP contribution in [-0.2, 0) is 3.07 Å². The zero-order valence-electron chi connectivity index (χ0n) is 5.38. The van der Waals surface area contributed by atoms with Crippen LogP contribution < -0.4 is 0 Å². The molecule has 0 amide bonds. The third-order valence-corrected chi connectivity index (χ3v) is 2.27. The standard InChI is InChI=1S/C7H4I2O2/c8-6-3-1-5(2-4-6)7(10)11-9/h1-4H. The molecule has 0 saturated heterocycles. The second kappa shape index (κ2) is 4.24. The normalized spacial score (nSPS) is 9.27. The van der Waals surface area contributed by atoms with Gasteiger partial charge in [-0.15, -0.1) is 0 Å². The van der Waals surface area contributed by atoms with Gasteiger partial charge in [0.25, 0.3) is 0 Å². The highest BCUT2D eigenvalue weighted by Gasteiger charge is 2.03. The average molecular weight is 374 g/mol. The number of carbonyl (C=O) groups excluding carboxylic acids is 1. The lowest BCUT2D eigenvalue weighted by Gasteiger charge is -1.95. The van der Waals surface area contributed by atoms with Gasteiger partial charge >= 0.3 is 5.97 Å². The molecule has 0 bridgehead atoms. The van der Waals surface area contributed by atoms with E-state index in [0.29, 0.717) is 5.56 Å². The molecule has 0 unspecified atom stereocenters. The maximum Gasteiger partial charge on any atom is 0.347 e. The van der Waals surface area contributed by atoms with Crippen LogP contribution in [0.4, 0.5) is 0 Å². The number of carbonyl (C=O) groups is 1. The van der Waals surface area contributed by atoms with E-state index >= 15 is 0 Å². The van der Waals surface area contributed by atoms with Crippen molar-refractivity contribution in [1.29, 1.82) is 0 Å². The molecule has 0 aliphatic heterocycles. The van der Waals surface area contributed by atoms with Gasteiger partial charge in [0.15, 0.2) is 23.0 Å². The van der Waals surface area contributed by atoms with E-state index < -0.39 is 0 Å². The van der Waals surface area contributed by atoms with Crippen LogP contribution in [0.25, 0.3) is 0 Å². The van der Waals surface area contributed by atoms with Crippen LogP contribution in [0.2, 0.25) is 0 Å². The Morgan fingerprint density at radius 3 is 2.27 bits per heavy atom. The molecule has 2 nitrogen and oxygen atoms in total. The Kier molecular flexibility index (Phi) is 3.57. The van der Waals surface area contributed by atoms with E-state index in [9.17, 15) is 4.79 Å². The second-order valence-corrected chi connectivity index (χ2v) is 3.56. The quantitative estimate of drug-likeness (QED) is 0.707. The number of halogens is 2. The minimum atomic E-state index is -0.304. The van der Waals surface area contributed by atoms with Crippen LogP contribution in [0.1, 0.15) is 10.4 Å². The predicted octanol–water partition coefficient (Wildman–Crippen LogP) is 2.80. The van der Waals surface area contributed by atoms with Gasteiger partial charge in [-0.2, -0.15) is 0 Å². The first-order chi connectivity index (χ1) is 5.24. The van der Waals surface area contributed by atoms with Gasteiger partial charge in [0.2, 0.25) is 0 Å². The molecule has 0 fully saturated rings. The summed E-state index contributed by atoms with van der Waals surface area (Å²) in [5.41, 5.74) is 0.583. The molecule has 0 radical (unpaired) electrons. The minimum Gasteiger partial charge on any atom is -0.391 e. The molecule has 11 heavy (non-hydrogen) atoms. The Labute approximate surface area is 92.1 Å². The van der Waals surface area contributed by atoms with Crippen LogP contribution in [0.3, 0.4) is 0 Å². The molecular formula is C7H4I2O2. The van der Waals surface area contributed by atoms with Crippen molar-refractivity contribution in [1.82, 2.24) is 0 Å². The molecule has 0 heterocycles. The molecule has 0 atom stereocenters. The topological polar surface area (TPSA) is 26.3 Å². The van der Waals surface area contributed by atoms with E-state index in [1.807, 2.05) is 12.1 Å². The summed E-state index contributed by atoms with van der Waals surface area (Å²) < 4.78 is 5.61. The second-order valence-electron chi connectivity index (χ2n) is 1.87. The molecule has 58 valence electrons. The Bertz CT molecular complexity index is 256. The van der Waals surface area contributed by atoms with E-state index in [1.54, 1.807) is 35.1 Å². The van der Waals surface area contributed by atoms with Crippen LogP contribution in [0.15, 0.2) is 24.3 Å². The first kappa shape index (κ1) is 9.24. The zero-order valence-corrected chi connectivity index (χ0v) is 9.70. The summed E-state index contributed by atoms with van der Waals surface area (Å²) >= 11 is 3.75. The molecule has 1 rings (SSSR count). The third kappa shape index (κ3) is 2.58. The summed E-state index contributed by atoms with van der Waals surface area (Å²) in [6, 6.07) is 7.21. The van der Waals surface area contributed by atoms with Crippen LogP contribution >= 0.6 is 45.6 Å². The van der Waals surface area contributed by atoms with Crippen molar-refractivity contribution in [2.24, 2.45) is 0 Å². The Hall–Kier alpha value is 0.150. The van der Waals surface area contributed by atoms with Crippen LogP contribution in [-0.4, -0.2) is 5.97 Å². The van der Waals surface area contributed by atoms with Crippen molar-refractivity contribution in [3.63, 3.8) is 0 Å². The summed E-state index contributed by atoms with van der Waals surface area (Å²) in [6.07, 6.45) is 0. The van der Waals surface area contributed by atoms with Gasteiger partial charge in [0.1, 0.15) is 0 Å². The molecule has 0 aromatic heterocycles. The molecule has 0 saturated carbocycles. The molecule has 1 aromatic carbocycles. The summed E-state index contributed by atoms with van der Waals surface area (Å²) in [5, 5.41) is 0. The van der Waals surface area contributed by atoms with Crippen molar-refractivity contribution in [3.8, 4) is 0 Å². The fourth-order valence-corrected chi connectivity index (χ4v) is 1.24. The SMILES string of the molecule is O=C(OI)c1ccc(I)cc1. The first-order valence-corrected chi connectivity index (χ1v) is 4.78. The first-order valence-electron chi connectivity index (χ1n) is 2.82. The minimum absolute atomic E-state index is 0.304. The van der Waals surface area contributed by atoms with E-state index in [0.717, 1.165) is 3.57 Å². The molecular weight excluding hydrogens is 370 g/mol. The van der Waals surface area contributed by atoms with Crippen molar-refractivity contribution in [2.45, 2.75) is 0 Å². The summed E-state index contributed by atoms with van der Waals surface area (Å²) in [4.78, 5) is 10.9. The Morgan fingerprint density at radius 1 is 1.27 bits per heavy atom. The maximum absolute atomic E-state index is 10.9. The molecule has 0 spiro atoms. The largest absolute Gasteiger partial charge is 0.391 e. The van der Waals surface area contributed by atoms with Crippen LogP contribution in [0, 0.1) is 3.57 Å². The summed E-state index contributed by atoms with van der Waals surface area (Å²) in [5.74, 6) is -0.304. The fourth-order valence-electron chi connectivity index (χ4n) is 0.631. The molecule has 4 heteroatoms. The highest BCUT2D eigenvalue weighted by Crippen LogP contribution is 2.08. The number of benzene rings is 1. The Balaban J connectivity index is 2.90. The number of hydrogen-bond acceptors (Lipinski definition) is 2. The number of hydrogen-bond donors (Lipinski definition) is 0. The van der Waals surface area contributed by atoms with E-state index in [4.69, 9.17) is 0 Å². The number of rotatable bonds is 1. The van der Waals surface area contributed by atoms with Gasteiger partial charge < -0.3 is 3.07 Å². The highest BCUT2D eigenvalue weighted by atomic mass is 127. The van der Waals surface area contributed by atoms with Gasteiger partial charge in [0.05, 0.1) is 5.56 Å². The van der Waals surface area contributed by atoms with Gasteiger partial charge in [-0.3, -0.25) is 0 Å². The monoisotopic (exact) mass is 374 g/mol.